The molecule has 3 rings (SSSR count). The third kappa shape index (κ3) is 6.26. The number of nitrogens with zero attached hydrogens (tertiary/aromatic N) is 1. The standard InChI is InChI=1S/C23H30FN5O2/c1-27(2)20-9-7-17(8-10-20)21(29-13-11-28(3)12-14-29)16-25-22(30)23(31)26-19-6-4-5-18(24)15-19/h4-10,15,21H,11-14,16H2,1-3H3,(H,25,30)(H,26,31)/p+2/t21-/m1/s1. The van der Waals surface area contributed by atoms with Gasteiger partial charge in [0.15, 0.2) is 0 Å². The van der Waals surface area contributed by atoms with Crippen molar-refractivity contribution in [2.45, 2.75) is 6.04 Å². The highest BCUT2D eigenvalue weighted by Crippen LogP contribution is 2.16. The number of hydrogen-bond donors (Lipinski definition) is 4. The Bertz CT molecular complexity index is 895. The minimum absolute atomic E-state index is 0.0511. The molecule has 7 nitrogen and oxygen atoms in total. The summed E-state index contributed by atoms with van der Waals surface area (Å²) in [6, 6.07) is 13.9. The first-order valence-electron chi connectivity index (χ1n) is 10.6. The third-order valence-electron chi connectivity index (χ3n) is 5.81. The van der Waals surface area contributed by atoms with Gasteiger partial charge in [-0.05, 0) is 30.3 Å². The number of benzene rings is 2. The van der Waals surface area contributed by atoms with Gasteiger partial charge in [-0.3, -0.25) is 9.59 Å². The van der Waals surface area contributed by atoms with Gasteiger partial charge in [0, 0.05) is 31.0 Å². The maximum atomic E-state index is 13.3. The van der Waals surface area contributed by atoms with Crippen LogP contribution in [-0.2, 0) is 9.59 Å². The molecule has 0 saturated carbocycles. The normalized spacial score (nSPS) is 19.4. The Morgan fingerprint density at radius 2 is 1.71 bits per heavy atom. The number of nitrogens with one attached hydrogen (secondary N) is 4. The van der Waals surface area contributed by atoms with Crippen LogP contribution in [0.2, 0.25) is 0 Å². The Hall–Kier alpha value is -2.97. The van der Waals surface area contributed by atoms with Crippen molar-refractivity contribution in [3.63, 3.8) is 0 Å². The van der Waals surface area contributed by atoms with E-state index in [0.717, 1.165) is 37.4 Å². The van der Waals surface area contributed by atoms with E-state index in [9.17, 15) is 14.0 Å². The number of carbonyl (C=O) groups excluding carboxylic acids is 2. The lowest BCUT2D eigenvalue weighted by molar-refractivity contribution is -1.02. The van der Waals surface area contributed by atoms with E-state index in [1.165, 1.54) is 28.0 Å². The van der Waals surface area contributed by atoms with Gasteiger partial charge in [-0.2, -0.15) is 0 Å². The van der Waals surface area contributed by atoms with Crippen LogP contribution in [0.5, 0.6) is 0 Å². The molecule has 0 unspecified atom stereocenters. The fourth-order valence-electron chi connectivity index (χ4n) is 3.88. The summed E-state index contributed by atoms with van der Waals surface area (Å²) in [7, 11) is 6.19. The second-order valence-corrected chi connectivity index (χ2v) is 8.33. The Balaban J connectivity index is 1.67. The van der Waals surface area contributed by atoms with Crippen molar-refractivity contribution < 1.29 is 23.8 Å². The van der Waals surface area contributed by atoms with Crippen LogP contribution in [0, 0.1) is 5.82 Å². The summed E-state index contributed by atoms with van der Waals surface area (Å²) in [5, 5.41) is 5.22. The predicted octanol–water partition coefficient (Wildman–Crippen LogP) is -0.899. The molecule has 8 heteroatoms. The molecule has 1 fully saturated rings. The molecule has 31 heavy (non-hydrogen) atoms. The number of halogens is 1. The molecule has 0 aromatic heterocycles. The van der Waals surface area contributed by atoms with E-state index in [1.54, 1.807) is 6.07 Å². The lowest BCUT2D eigenvalue weighted by atomic mass is 10.0. The SMILES string of the molecule is CN(C)c1ccc([C@@H](CNC(=O)C(=O)Nc2cccc(F)c2)[NH+]2CC[NH+](C)CC2)cc1. The van der Waals surface area contributed by atoms with Crippen LogP contribution in [-0.4, -0.2) is 65.7 Å². The molecule has 1 atom stereocenters. The zero-order chi connectivity index (χ0) is 22.4. The predicted molar refractivity (Wildman–Crippen MR) is 119 cm³/mol. The van der Waals surface area contributed by atoms with Crippen LogP contribution < -0.4 is 25.3 Å². The Morgan fingerprint density at radius 3 is 2.32 bits per heavy atom. The first kappa shape index (κ1) is 22.7. The van der Waals surface area contributed by atoms with E-state index >= 15 is 0 Å². The molecule has 1 saturated heterocycles. The lowest BCUT2D eigenvalue weighted by Crippen LogP contribution is -3.27. The van der Waals surface area contributed by atoms with Crippen molar-refractivity contribution in [3.8, 4) is 0 Å². The van der Waals surface area contributed by atoms with Crippen molar-refractivity contribution >= 4 is 23.2 Å². The molecule has 2 aromatic carbocycles. The molecule has 0 bridgehead atoms. The molecule has 4 N–H and O–H groups in total. The molecular formula is C23H32FN5O2+2. The summed E-state index contributed by atoms with van der Waals surface area (Å²) in [5.74, 6) is -2.00. The van der Waals surface area contributed by atoms with E-state index in [4.69, 9.17) is 0 Å². The van der Waals surface area contributed by atoms with Crippen molar-refractivity contribution in [2.24, 2.45) is 0 Å². The summed E-state index contributed by atoms with van der Waals surface area (Å²) in [6.07, 6.45) is 0. The van der Waals surface area contributed by atoms with Gasteiger partial charge < -0.3 is 25.3 Å². The minimum atomic E-state index is -0.801. The van der Waals surface area contributed by atoms with E-state index in [2.05, 4.69) is 41.9 Å². The summed E-state index contributed by atoms with van der Waals surface area (Å²) >= 11 is 0. The first-order chi connectivity index (χ1) is 14.8. The summed E-state index contributed by atoms with van der Waals surface area (Å²) in [5.41, 5.74) is 2.49. The monoisotopic (exact) mass is 429 g/mol. The number of hydrogen-bond acceptors (Lipinski definition) is 3. The van der Waals surface area contributed by atoms with E-state index in [0.29, 0.717) is 6.54 Å². The van der Waals surface area contributed by atoms with Crippen LogP contribution >= 0.6 is 0 Å². The summed E-state index contributed by atoms with van der Waals surface area (Å²) in [4.78, 5) is 29.6. The molecule has 1 aliphatic heterocycles. The molecule has 0 spiro atoms. The number of piperazine rings is 1. The second kappa shape index (κ2) is 10.4. The number of quaternary nitrogens is 2. The summed E-state index contributed by atoms with van der Waals surface area (Å²) in [6.45, 7) is 4.48. The Morgan fingerprint density at radius 1 is 1.03 bits per heavy atom. The van der Waals surface area contributed by atoms with Gasteiger partial charge in [-0.15, -0.1) is 0 Å². The fraction of sp³-hybridized carbons (Fsp3) is 0.391. The number of rotatable bonds is 6. The number of amides is 2. The molecule has 2 aromatic rings. The Kier molecular flexibility index (Phi) is 7.59. The zero-order valence-electron chi connectivity index (χ0n) is 18.4. The molecular weight excluding hydrogens is 397 g/mol. The lowest BCUT2D eigenvalue weighted by Gasteiger charge is -2.33. The van der Waals surface area contributed by atoms with Crippen molar-refractivity contribution in [1.29, 1.82) is 0 Å². The molecule has 0 radical (unpaired) electrons. The largest absolute Gasteiger partial charge is 0.378 e. The molecule has 2 amide bonds. The number of likely N-dealkylation sites (N-methyl/N-ethyl adjacent to an activating group) is 1. The average molecular weight is 430 g/mol. The highest BCUT2D eigenvalue weighted by molar-refractivity contribution is 6.39. The van der Waals surface area contributed by atoms with E-state index < -0.39 is 17.6 Å². The van der Waals surface area contributed by atoms with Gasteiger partial charge in [0.05, 0.1) is 13.6 Å². The molecule has 0 aliphatic carbocycles. The van der Waals surface area contributed by atoms with Crippen molar-refractivity contribution in [3.05, 3.63) is 59.9 Å². The molecule has 1 heterocycles. The smallest absolute Gasteiger partial charge is 0.313 e. The number of carbonyl (C=O) groups is 2. The van der Waals surface area contributed by atoms with Crippen molar-refractivity contribution in [1.82, 2.24) is 5.32 Å². The Labute approximate surface area is 182 Å². The van der Waals surface area contributed by atoms with Gasteiger partial charge in [-0.1, -0.05) is 18.2 Å². The minimum Gasteiger partial charge on any atom is -0.378 e. The highest BCUT2D eigenvalue weighted by Gasteiger charge is 2.30. The highest BCUT2D eigenvalue weighted by atomic mass is 19.1. The maximum absolute atomic E-state index is 13.3. The van der Waals surface area contributed by atoms with Crippen molar-refractivity contribution in [2.75, 3.05) is 64.1 Å². The first-order valence-corrected chi connectivity index (χ1v) is 10.6. The maximum Gasteiger partial charge on any atom is 0.313 e. The fourth-order valence-corrected chi connectivity index (χ4v) is 3.88. The van der Waals surface area contributed by atoms with Crippen LogP contribution in [0.15, 0.2) is 48.5 Å². The van der Waals surface area contributed by atoms with Crippen LogP contribution in [0.1, 0.15) is 11.6 Å². The van der Waals surface area contributed by atoms with E-state index in [-0.39, 0.29) is 11.7 Å². The average Bonchev–Trinajstić information content (AvgIpc) is 2.75. The quantitative estimate of drug-likeness (QED) is 0.450. The van der Waals surface area contributed by atoms with Gasteiger partial charge in [0.1, 0.15) is 38.0 Å². The molecule has 1 aliphatic rings. The van der Waals surface area contributed by atoms with Crippen LogP contribution in [0.25, 0.3) is 0 Å². The molecule has 166 valence electrons. The van der Waals surface area contributed by atoms with Crippen LogP contribution in [0.3, 0.4) is 0 Å². The van der Waals surface area contributed by atoms with Crippen LogP contribution in [0.4, 0.5) is 15.8 Å². The zero-order valence-corrected chi connectivity index (χ0v) is 18.4. The van der Waals surface area contributed by atoms with E-state index in [1.807, 2.05) is 19.0 Å². The summed E-state index contributed by atoms with van der Waals surface area (Å²) < 4.78 is 13.3. The van der Waals surface area contributed by atoms with Gasteiger partial charge in [-0.25, -0.2) is 4.39 Å². The number of anilines is 2. The topological polar surface area (TPSA) is 70.3 Å². The second-order valence-electron chi connectivity index (χ2n) is 8.33. The van der Waals surface area contributed by atoms with Gasteiger partial charge in [0.25, 0.3) is 0 Å². The van der Waals surface area contributed by atoms with Gasteiger partial charge >= 0.3 is 11.8 Å². The third-order valence-corrected chi connectivity index (χ3v) is 5.81. The van der Waals surface area contributed by atoms with Gasteiger partial charge in [0.2, 0.25) is 0 Å².